The summed E-state index contributed by atoms with van der Waals surface area (Å²) >= 11 is 11.7. The molecule has 0 atom stereocenters. The van der Waals surface area contributed by atoms with Crippen molar-refractivity contribution in [1.82, 2.24) is 9.38 Å². The first-order valence-electron chi connectivity index (χ1n) is 7.41. The van der Waals surface area contributed by atoms with Crippen LogP contribution in [-0.4, -0.2) is 15.4 Å². The van der Waals surface area contributed by atoms with E-state index in [1.165, 1.54) is 40.9 Å². The molecule has 0 N–H and O–H groups in total. The number of hydrogen-bond donors (Lipinski definition) is 0. The summed E-state index contributed by atoms with van der Waals surface area (Å²) in [6.07, 6.45) is 3.73. The number of ether oxygens (including phenoxy) is 1. The summed E-state index contributed by atoms with van der Waals surface area (Å²) < 4.78 is 19.9. The molecule has 0 aliphatic rings. The van der Waals surface area contributed by atoms with Gasteiger partial charge in [-0.3, -0.25) is 9.20 Å². The number of fused-ring (bicyclic) bond motifs is 1. The maximum Gasteiger partial charge on any atom is 0.331 e. The van der Waals surface area contributed by atoms with Gasteiger partial charge in [0.15, 0.2) is 0 Å². The SMILES string of the molecule is O=C(/C=C/c1c(F)cccc1Cl)OCc1cc(=O)n2cc(Cl)ccc2n1. The zero-order valence-corrected chi connectivity index (χ0v) is 14.7. The van der Waals surface area contributed by atoms with Gasteiger partial charge in [0.05, 0.1) is 15.7 Å². The second-order valence-electron chi connectivity index (χ2n) is 5.24. The fraction of sp³-hybridized carbons (Fsp3) is 0.0556. The van der Waals surface area contributed by atoms with Gasteiger partial charge in [-0.2, -0.15) is 0 Å². The lowest BCUT2D eigenvalue weighted by atomic mass is 10.2. The summed E-state index contributed by atoms with van der Waals surface area (Å²) in [5, 5.41) is 0.578. The maximum atomic E-state index is 13.6. The number of benzene rings is 1. The molecule has 2 aromatic heterocycles. The number of esters is 1. The molecule has 0 aliphatic heterocycles. The molecule has 3 rings (SSSR count). The Hall–Kier alpha value is -2.70. The summed E-state index contributed by atoms with van der Waals surface area (Å²) in [5.41, 5.74) is 0.395. The Morgan fingerprint density at radius 3 is 2.85 bits per heavy atom. The largest absolute Gasteiger partial charge is 0.456 e. The van der Waals surface area contributed by atoms with Crippen LogP contribution in [-0.2, 0) is 16.1 Å². The van der Waals surface area contributed by atoms with Crippen LogP contribution < -0.4 is 5.56 Å². The molecule has 0 saturated heterocycles. The van der Waals surface area contributed by atoms with Gasteiger partial charge in [-0.25, -0.2) is 14.2 Å². The van der Waals surface area contributed by atoms with Gasteiger partial charge in [0, 0.05) is 23.9 Å². The summed E-state index contributed by atoms with van der Waals surface area (Å²) in [6, 6.07) is 8.62. The first kappa shape index (κ1) is 18.1. The normalized spacial score (nSPS) is 11.2. The quantitative estimate of drug-likeness (QED) is 0.499. The van der Waals surface area contributed by atoms with Crippen molar-refractivity contribution in [1.29, 1.82) is 0 Å². The number of hydrogen-bond acceptors (Lipinski definition) is 4. The number of carbonyl (C=O) groups is 1. The lowest BCUT2D eigenvalue weighted by Crippen LogP contribution is -2.16. The highest BCUT2D eigenvalue weighted by Crippen LogP contribution is 2.20. The summed E-state index contributed by atoms with van der Waals surface area (Å²) in [6.45, 7) is -0.206. The van der Waals surface area contributed by atoms with Crippen molar-refractivity contribution >= 4 is 40.9 Å². The number of rotatable bonds is 4. The topological polar surface area (TPSA) is 60.7 Å². The number of carbonyl (C=O) groups excluding carboxylic acids is 1. The molecule has 0 saturated carbocycles. The smallest absolute Gasteiger partial charge is 0.331 e. The zero-order valence-electron chi connectivity index (χ0n) is 13.2. The monoisotopic (exact) mass is 392 g/mol. The van der Waals surface area contributed by atoms with Crippen molar-refractivity contribution in [3.05, 3.63) is 86.1 Å². The summed E-state index contributed by atoms with van der Waals surface area (Å²) in [7, 11) is 0. The molecule has 26 heavy (non-hydrogen) atoms. The molecule has 0 aliphatic carbocycles. The molecule has 2 heterocycles. The Morgan fingerprint density at radius 2 is 2.08 bits per heavy atom. The predicted molar refractivity (Wildman–Crippen MR) is 96.7 cm³/mol. The van der Waals surface area contributed by atoms with Gasteiger partial charge >= 0.3 is 5.97 Å². The van der Waals surface area contributed by atoms with Crippen molar-refractivity contribution in [2.24, 2.45) is 0 Å². The van der Waals surface area contributed by atoms with Gasteiger partial charge < -0.3 is 4.74 Å². The Bertz CT molecular complexity index is 1060. The van der Waals surface area contributed by atoms with Crippen molar-refractivity contribution in [2.75, 3.05) is 0 Å². The molecule has 5 nitrogen and oxygen atoms in total. The highest BCUT2D eigenvalue weighted by Gasteiger charge is 2.07. The molecule has 0 spiro atoms. The number of aromatic nitrogens is 2. The van der Waals surface area contributed by atoms with Crippen LogP contribution >= 0.6 is 23.2 Å². The molecular formula is C18H11Cl2FN2O3. The van der Waals surface area contributed by atoms with Gasteiger partial charge in [0.1, 0.15) is 18.1 Å². The summed E-state index contributed by atoms with van der Waals surface area (Å²) in [5.74, 6) is -1.27. The Kier molecular flexibility index (Phi) is 5.35. The van der Waals surface area contributed by atoms with E-state index in [0.717, 1.165) is 6.08 Å². The average Bonchev–Trinajstić information content (AvgIpc) is 2.60. The van der Waals surface area contributed by atoms with Crippen LogP contribution in [0.5, 0.6) is 0 Å². The van der Waals surface area contributed by atoms with Crippen LogP contribution in [0, 0.1) is 5.82 Å². The van der Waals surface area contributed by atoms with Crippen LogP contribution in [0.4, 0.5) is 4.39 Å². The molecule has 0 radical (unpaired) electrons. The van der Waals surface area contributed by atoms with E-state index >= 15 is 0 Å². The Morgan fingerprint density at radius 1 is 1.27 bits per heavy atom. The molecule has 1 aromatic carbocycles. The fourth-order valence-electron chi connectivity index (χ4n) is 2.21. The third-order valence-corrected chi connectivity index (χ3v) is 3.98. The second-order valence-corrected chi connectivity index (χ2v) is 6.08. The second kappa shape index (κ2) is 7.68. The van der Waals surface area contributed by atoms with E-state index in [0.29, 0.717) is 10.7 Å². The lowest BCUT2D eigenvalue weighted by Gasteiger charge is -2.05. The molecule has 132 valence electrons. The molecule has 0 unspecified atom stereocenters. The molecule has 0 bridgehead atoms. The van der Waals surface area contributed by atoms with E-state index < -0.39 is 11.8 Å². The van der Waals surface area contributed by atoms with E-state index in [9.17, 15) is 14.0 Å². The molecule has 8 heteroatoms. The summed E-state index contributed by atoms with van der Waals surface area (Å²) in [4.78, 5) is 28.1. The van der Waals surface area contributed by atoms with Gasteiger partial charge in [-0.15, -0.1) is 0 Å². The minimum Gasteiger partial charge on any atom is -0.456 e. The number of nitrogens with zero attached hydrogens (tertiary/aromatic N) is 2. The molecule has 3 aromatic rings. The first-order chi connectivity index (χ1) is 12.4. The minimum absolute atomic E-state index is 0.0880. The average molecular weight is 393 g/mol. The first-order valence-corrected chi connectivity index (χ1v) is 8.16. The predicted octanol–water partition coefficient (Wildman–Crippen LogP) is 3.90. The molecule has 0 amide bonds. The third kappa shape index (κ3) is 4.09. The Balaban J connectivity index is 1.72. The molecule has 0 fully saturated rings. The highest BCUT2D eigenvalue weighted by atomic mass is 35.5. The Labute approximate surface area is 157 Å². The fourth-order valence-corrected chi connectivity index (χ4v) is 2.60. The van der Waals surface area contributed by atoms with Crippen LogP contribution in [0.1, 0.15) is 11.3 Å². The highest BCUT2D eigenvalue weighted by molar-refractivity contribution is 6.32. The maximum absolute atomic E-state index is 13.6. The van der Waals surface area contributed by atoms with Crippen LogP contribution in [0.3, 0.4) is 0 Å². The van der Waals surface area contributed by atoms with Gasteiger partial charge in [0.2, 0.25) is 0 Å². The number of pyridine rings is 1. The van der Waals surface area contributed by atoms with Crippen LogP contribution in [0.2, 0.25) is 10.0 Å². The van der Waals surface area contributed by atoms with E-state index in [2.05, 4.69) is 4.98 Å². The van der Waals surface area contributed by atoms with E-state index in [4.69, 9.17) is 27.9 Å². The van der Waals surface area contributed by atoms with Gasteiger partial charge in [0.25, 0.3) is 5.56 Å². The third-order valence-electron chi connectivity index (χ3n) is 3.42. The van der Waals surface area contributed by atoms with Crippen molar-refractivity contribution < 1.29 is 13.9 Å². The van der Waals surface area contributed by atoms with Crippen molar-refractivity contribution in [3.8, 4) is 0 Å². The molecular weight excluding hydrogens is 382 g/mol. The number of halogens is 3. The van der Waals surface area contributed by atoms with Crippen LogP contribution in [0.25, 0.3) is 11.7 Å². The zero-order chi connectivity index (χ0) is 18.7. The van der Waals surface area contributed by atoms with E-state index in [1.807, 2.05) is 0 Å². The van der Waals surface area contributed by atoms with Gasteiger partial charge in [-0.05, 0) is 30.3 Å². The van der Waals surface area contributed by atoms with Crippen molar-refractivity contribution in [2.45, 2.75) is 6.61 Å². The van der Waals surface area contributed by atoms with E-state index in [1.54, 1.807) is 12.1 Å². The van der Waals surface area contributed by atoms with Crippen LogP contribution in [0.15, 0.2) is 53.5 Å². The lowest BCUT2D eigenvalue weighted by molar-refractivity contribution is -0.139. The standard InChI is InChI=1S/C18H11Cl2FN2O3/c19-11-4-6-16-22-12(8-17(24)23(16)9-11)10-26-18(25)7-5-13-14(20)2-1-3-15(13)21/h1-9H,10H2/b7-5+. The van der Waals surface area contributed by atoms with Gasteiger partial charge in [-0.1, -0.05) is 29.3 Å². The minimum atomic E-state index is -0.720. The van der Waals surface area contributed by atoms with E-state index in [-0.39, 0.29) is 28.4 Å². The van der Waals surface area contributed by atoms with Crippen molar-refractivity contribution in [3.63, 3.8) is 0 Å².